The third-order valence-corrected chi connectivity index (χ3v) is 5.58. The number of hydrazone groups is 1. The van der Waals surface area contributed by atoms with E-state index >= 15 is 0 Å². The van der Waals surface area contributed by atoms with Gasteiger partial charge < -0.3 is 4.74 Å². The van der Waals surface area contributed by atoms with Gasteiger partial charge in [-0.05, 0) is 60.6 Å². The highest BCUT2D eigenvalue weighted by Gasteiger charge is 2.18. The minimum Gasteiger partial charge on any atom is -0.457 e. The fraction of sp³-hybridized carbons (Fsp3) is 0.125. The molecule has 4 aromatic rings. The highest BCUT2D eigenvalue weighted by molar-refractivity contribution is 7.99. The second kappa shape index (κ2) is 9.95. The van der Waals surface area contributed by atoms with E-state index in [1.807, 2.05) is 72.8 Å². The molecule has 1 aromatic heterocycles. The number of imidazole rings is 1. The molecule has 6 nitrogen and oxygen atoms in total. The number of aryl methyl sites for hydroxylation is 1. The maximum absolute atomic E-state index is 12.2. The van der Waals surface area contributed by atoms with Crippen molar-refractivity contribution in [1.29, 1.82) is 0 Å². The molecule has 1 amide bonds. The lowest BCUT2D eigenvalue weighted by Gasteiger charge is -2.05. The second-order valence-corrected chi connectivity index (χ2v) is 7.73. The van der Waals surface area contributed by atoms with Gasteiger partial charge >= 0.3 is 5.16 Å². The molecule has 0 saturated heterocycles. The minimum atomic E-state index is -0.167. The molecule has 1 heterocycles. The Morgan fingerprint density at radius 1 is 1.06 bits per heavy atom. The van der Waals surface area contributed by atoms with E-state index in [1.165, 1.54) is 11.8 Å². The topological polar surface area (TPSA) is 70.4 Å². The van der Waals surface area contributed by atoms with Crippen LogP contribution < -0.4 is 14.7 Å². The van der Waals surface area contributed by atoms with Crippen LogP contribution in [0.4, 0.5) is 0 Å². The van der Waals surface area contributed by atoms with E-state index in [2.05, 4.69) is 33.1 Å². The maximum Gasteiger partial charge on any atom is 0.317 e. The van der Waals surface area contributed by atoms with Crippen molar-refractivity contribution in [2.24, 2.45) is 5.10 Å². The molecule has 0 spiro atoms. The van der Waals surface area contributed by atoms with Crippen molar-refractivity contribution in [3.05, 3.63) is 84.4 Å². The van der Waals surface area contributed by atoms with Gasteiger partial charge in [-0.15, -0.1) is 0 Å². The van der Waals surface area contributed by atoms with Crippen LogP contribution >= 0.6 is 11.8 Å². The Morgan fingerprint density at radius 3 is 2.68 bits per heavy atom. The summed E-state index contributed by atoms with van der Waals surface area (Å²) in [6.45, 7) is 2.91. The first-order chi connectivity index (χ1) is 15.2. The van der Waals surface area contributed by atoms with Crippen LogP contribution in [-0.2, 0) is 11.3 Å². The Kier molecular flexibility index (Phi) is 6.64. The standard InChI is InChI=1S/C24H22N4O2S/c1-2-28-22-14-7-6-13-21(22)26-24(28)31-17-23(29)27-25-16-18-9-8-12-20(15-18)30-19-10-4-3-5-11-19/h3-16H,2,17H2,1H3,(H,27,29)/p+1. The van der Waals surface area contributed by atoms with E-state index in [9.17, 15) is 4.79 Å². The van der Waals surface area contributed by atoms with Gasteiger partial charge in [0.1, 0.15) is 11.5 Å². The van der Waals surface area contributed by atoms with Crippen molar-refractivity contribution in [3.8, 4) is 11.5 Å². The Hall–Kier alpha value is -3.58. The first-order valence-electron chi connectivity index (χ1n) is 10.0. The van der Waals surface area contributed by atoms with Crippen LogP contribution in [-0.4, -0.2) is 22.9 Å². The van der Waals surface area contributed by atoms with E-state index in [1.54, 1.807) is 6.21 Å². The van der Waals surface area contributed by atoms with Crippen molar-refractivity contribution in [2.75, 3.05) is 5.75 Å². The van der Waals surface area contributed by atoms with E-state index in [-0.39, 0.29) is 11.7 Å². The van der Waals surface area contributed by atoms with Gasteiger partial charge in [0.25, 0.3) is 5.91 Å². The summed E-state index contributed by atoms with van der Waals surface area (Å²) in [6.07, 6.45) is 1.61. The fourth-order valence-corrected chi connectivity index (χ4v) is 4.06. The number of aromatic nitrogens is 2. The minimum absolute atomic E-state index is 0.167. The van der Waals surface area contributed by atoms with E-state index < -0.39 is 0 Å². The second-order valence-electron chi connectivity index (χ2n) is 6.76. The summed E-state index contributed by atoms with van der Waals surface area (Å²) < 4.78 is 7.98. The number of aromatic amines is 1. The molecule has 0 radical (unpaired) electrons. The SMILES string of the molecule is CC[n+]1c(SCC(=O)NN=Cc2cccc(Oc3ccccc3)c2)[nH]c2ccccc21. The van der Waals surface area contributed by atoms with Crippen LogP contribution in [0.25, 0.3) is 11.0 Å². The predicted molar refractivity (Wildman–Crippen MR) is 124 cm³/mol. The Bertz CT molecular complexity index is 1200. The molecule has 0 atom stereocenters. The number of nitrogens with zero attached hydrogens (tertiary/aromatic N) is 2. The number of fused-ring (bicyclic) bond motifs is 1. The first-order valence-corrected chi connectivity index (χ1v) is 11.0. The number of para-hydroxylation sites is 3. The van der Waals surface area contributed by atoms with Crippen LogP contribution in [0, 0.1) is 0 Å². The maximum atomic E-state index is 12.2. The molecule has 0 saturated carbocycles. The lowest BCUT2D eigenvalue weighted by atomic mass is 10.2. The van der Waals surface area contributed by atoms with Crippen LogP contribution in [0.5, 0.6) is 11.5 Å². The number of benzene rings is 3. The summed E-state index contributed by atoms with van der Waals surface area (Å²) >= 11 is 1.46. The Morgan fingerprint density at radius 2 is 1.84 bits per heavy atom. The number of H-pyrrole nitrogens is 1. The summed E-state index contributed by atoms with van der Waals surface area (Å²) in [7, 11) is 0. The smallest absolute Gasteiger partial charge is 0.317 e. The van der Waals surface area contributed by atoms with Gasteiger partial charge in [-0.3, -0.25) is 4.79 Å². The lowest BCUT2D eigenvalue weighted by molar-refractivity contribution is -0.705. The van der Waals surface area contributed by atoms with Crippen molar-refractivity contribution in [3.63, 3.8) is 0 Å². The average Bonchev–Trinajstić information content (AvgIpc) is 3.16. The molecular weight excluding hydrogens is 408 g/mol. The number of amides is 1. The van der Waals surface area contributed by atoms with Crippen molar-refractivity contribution >= 4 is 34.9 Å². The van der Waals surface area contributed by atoms with E-state index in [0.717, 1.165) is 34.0 Å². The third-order valence-electron chi connectivity index (χ3n) is 4.58. The van der Waals surface area contributed by atoms with Gasteiger partial charge in [0.05, 0.1) is 18.5 Å². The number of rotatable bonds is 8. The zero-order valence-electron chi connectivity index (χ0n) is 17.1. The number of hydrogen-bond acceptors (Lipinski definition) is 4. The number of carbonyl (C=O) groups is 1. The van der Waals surface area contributed by atoms with Crippen LogP contribution in [0.2, 0.25) is 0 Å². The Balaban J connectivity index is 1.32. The molecule has 7 heteroatoms. The lowest BCUT2D eigenvalue weighted by Crippen LogP contribution is -2.34. The Labute approximate surface area is 185 Å². The molecular formula is C24H23N4O2S+. The molecule has 156 valence electrons. The van der Waals surface area contributed by atoms with Gasteiger partial charge in [-0.1, -0.05) is 42.5 Å². The molecule has 3 aromatic carbocycles. The molecule has 4 rings (SSSR count). The molecule has 0 fully saturated rings. The third kappa shape index (κ3) is 5.32. The van der Waals surface area contributed by atoms with Gasteiger partial charge in [0, 0.05) is 0 Å². The number of ether oxygens (including phenoxy) is 1. The van der Waals surface area contributed by atoms with E-state index in [4.69, 9.17) is 4.74 Å². The zero-order valence-corrected chi connectivity index (χ0v) is 17.9. The van der Waals surface area contributed by atoms with Crippen LogP contribution in [0.15, 0.2) is 89.1 Å². The first kappa shape index (κ1) is 20.7. The molecule has 0 aliphatic rings. The van der Waals surface area contributed by atoms with Crippen molar-refractivity contribution < 1.29 is 14.1 Å². The highest BCUT2D eigenvalue weighted by atomic mass is 32.2. The fourth-order valence-electron chi connectivity index (χ4n) is 3.16. The number of nitrogens with one attached hydrogen (secondary N) is 2. The van der Waals surface area contributed by atoms with Crippen LogP contribution in [0.1, 0.15) is 12.5 Å². The summed E-state index contributed by atoms with van der Waals surface area (Å²) in [5.74, 6) is 1.57. The van der Waals surface area contributed by atoms with E-state index in [0.29, 0.717) is 5.75 Å². The number of carbonyl (C=O) groups excluding carboxylic acids is 1. The number of hydrogen-bond donors (Lipinski definition) is 2. The normalized spacial score (nSPS) is 11.1. The monoisotopic (exact) mass is 431 g/mol. The average molecular weight is 432 g/mol. The number of thioether (sulfide) groups is 1. The van der Waals surface area contributed by atoms with Gasteiger partial charge in [0.2, 0.25) is 0 Å². The quantitative estimate of drug-likeness (QED) is 0.187. The summed E-state index contributed by atoms with van der Waals surface area (Å²) in [4.78, 5) is 15.6. The zero-order chi connectivity index (χ0) is 21.5. The molecule has 0 unspecified atom stereocenters. The molecule has 31 heavy (non-hydrogen) atoms. The summed E-state index contributed by atoms with van der Waals surface area (Å²) in [5.41, 5.74) is 5.61. The van der Waals surface area contributed by atoms with Crippen LogP contribution in [0.3, 0.4) is 0 Å². The van der Waals surface area contributed by atoms with Gasteiger partial charge in [-0.2, -0.15) is 5.10 Å². The largest absolute Gasteiger partial charge is 0.457 e. The highest BCUT2D eigenvalue weighted by Crippen LogP contribution is 2.21. The predicted octanol–water partition coefficient (Wildman–Crippen LogP) is 4.51. The molecule has 0 aliphatic carbocycles. The van der Waals surface area contributed by atoms with Gasteiger partial charge in [-0.25, -0.2) is 15.0 Å². The van der Waals surface area contributed by atoms with Gasteiger partial charge in [0.15, 0.2) is 11.0 Å². The van der Waals surface area contributed by atoms with Crippen molar-refractivity contribution in [1.82, 2.24) is 10.4 Å². The molecule has 2 N–H and O–H groups in total. The summed E-state index contributed by atoms with van der Waals surface area (Å²) in [5, 5.41) is 5.03. The summed E-state index contributed by atoms with van der Waals surface area (Å²) in [6, 6.07) is 25.2. The molecule has 0 bridgehead atoms. The van der Waals surface area contributed by atoms with Crippen molar-refractivity contribution in [2.45, 2.75) is 18.6 Å². The molecule has 0 aliphatic heterocycles.